The molecule has 1 heterocycles. The van der Waals surface area contributed by atoms with Crippen LogP contribution in [0.25, 0.3) is 11.0 Å². The number of halogens is 2. The molecule has 0 aliphatic heterocycles. The number of methoxy groups -OCH3 is 1. The van der Waals surface area contributed by atoms with Crippen molar-refractivity contribution in [2.45, 2.75) is 6.92 Å². The molecule has 0 atom stereocenters. The minimum absolute atomic E-state index is 0.146. The first-order chi connectivity index (χ1) is 14.9. The zero-order valence-electron chi connectivity index (χ0n) is 16.6. The summed E-state index contributed by atoms with van der Waals surface area (Å²) in [7, 11) is 1.28. The van der Waals surface area contributed by atoms with Gasteiger partial charge in [0.1, 0.15) is 5.58 Å². The molecule has 0 aliphatic rings. The van der Waals surface area contributed by atoms with Crippen LogP contribution < -0.4 is 14.9 Å². The minimum atomic E-state index is -0.513. The Morgan fingerprint density at radius 2 is 1.97 bits per heavy atom. The first-order valence-electron chi connectivity index (χ1n) is 9.09. The molecule has 0 spiro atoms. The molecule has 1 amide bonds. The van der Waals surface area contributed by atoms with Crippen LogP contribution in [0, 0.1) is 0 Å². The Hall–Kier alpha value is -2.85. The highest BCUT2D eigenvalue weighted by atomic mass is 79.9. The van der Waals surface area contributed by atoms with Gasteiger partial charge in [-0.25, -0.2) is 10.2 Å². The van der Waals surface area contributed by atoms with Crippen LogP contribution in [-0.2, 0) is 9.53 Å². The molecule has 0 bridgehead atoms. The van der Waals surface area contributed by atoms with Crippen molar-refractivity contribution in [3.63, 3.8) is 0 Å². The summed E-state index contributed by atoms with van der Waals surface area (Å²) in [5.41, 5.74) is 3.67. The number of carbonyl (C=O) groups excluding carboxylic acids is 2. The number of benzene rings is 2. The third kappa shape index (κ3) is 5.86. The van der Waals surface area contributed by atoms with Gasteiger partial charge in [0.05, 0.1) is 24.4 Å². The Morgan fingerprint density at radius 1 is 1.16 bits per heavy atom. The zero-order valence-corrected chi connectivity index (χ0v) is 19.8. The van der Waals surface area contributed by atoms with Gasteiger partial charge in [0.15, 0.2) is 23.9 Å². The summed E-state index contributed by atoms with van der Waals surface area (Å²) >= 11 is 6.78. The highest BCUT2D eigenvalue weighted by Gasteiger charge is 2.15. The van der Waals surface area contributed by atoms with Crippen LogP contribution in [0.4, 0.5) is 0 Å². The lowest BCUT2D eigenvalue weighted by atomic mass is 10.2. The van der Waals surface area contributed by atoms with Gasteiger partial charge in [-0.05, 0) is 64.8 Å². The summed E-state index contributed by atoms with van der Waals surface area (Å²) in [4.78, 5) is 23.7. The van der Waals surface area contributed by atoms with E-state index in [1.807, 2.05) is 19.1 Å². The number of hydrazone groups is 1. The second kappa shape index (κ2) is 10.5. The third-order valence-electron chi connectivity index (χ3n) is 3.98. The molecular weight excluding hydrogens is 536 g/mol. The molecule has 8 nitrogen and oxygen atoms in total. The Kier molecular flexibility index (Phi) is 7.69. The molecule has 0 saturated carbocycles. The lowest BCUT2D eigenvalue weighted by Crippen LogP contribution is -2.16. The summed E-state index contributed by atoms with van der Waals surface area (Å²) in [6, 6.07) is 10.5. The molecule has 3 rings (SSSR count). The number of nitrogens with zero attached hydrogens (tertiary/aromatic N) is 1. The SMILES string of the molecule is CCOc1cc(/C=N/NC(=O)c2cc3cc(Br)ccc3o2)cc(Br)c1OCC(=O)OC. The van der Waals surface area contributed by atoms with Crippen molar-refractivity contribution in [1.29, 1.82) is 0 Å². The Morgan fingerprint density at radius 3 is 2.71 bits per heavy atom. The first kappa shape index (κ1) is 22.8. The number of rotatable bonds is 8. The van der Waals surface area contributed by atoms with E-state index in [9.17, 15) is 9.59 Å². The maximum absolute atomic E-state index is 12.3. The number of ether oxygens (including phenoxy) is 3. The number of hydrogen-bond acceptors (Lipinski definition) is 7. The largest absolute Gasteiger partial charge is 0.490 e. The van der Waals surface area contributed by atoms with Crippen molar-refractivity contribution in [3.05, 3.63) is 56.7 Å². The molecule has 0 unspecified atom stereocenters. The van der Waals surface area contributed by atoms with Gasteiger partial charge in [0, 0.05) is 9.86 Å². The predicted molar refractivity (Wildman–Crippen MR) is 122 cm³/mol. The second-order valence-corrected chi connectivity index (χ2v) is 7.89. The lowest BCUT2D eigenvalue weighted by molar-refractivity contribution is -0.142. The van der Waals surface area contributed by atoms with Crippen LogP contribution in [-0.4, -0.2) is 38.4 Å². The topological polar surface area (TPSA) is 99.4 Å². The van der Waals surface area contributed by atoms with Crippen molar-refractivity contribution in [3.8, 4) is 11.5 Å². The van der Waals surface area contributed by atoms with Crippen molar-refractivity contribution >= 4 is 60.9 Å². The molecule has 3 aromatic rings. The van der Waals surface area contributed by atoms with E-state index in [1.165, 1.54) is 13.3 Å². The fourth-order valence-corrected chi connectivity index (χ4v) is 3.56. The summed E-state index contributed by atoms with van der Waals surface area (Å²) in [5.74, 6) is -0.0716. The van der Waals surface area contributed by atoms with Crippen LogP contribution in [0.3, 0.4) is 0 Å². The molecule has 1 aromatic heterocycles. The van der Waals surface area contributed by atoms with Gasteiger partial charge in [-0.15, -0.1) is 0 Å². The van der Waals surface area contributed by atoms with E-state index in [2.05, 4.69) is 47.1 Å². The van der Waals surface area contributed by atoms with Crippen molar-refractivity contribution in [1.82, 2.24) is 5.43 Å². The molecule has 0 fully saturated rings. The molecule has 2 aromatic carbocycles. The van der Waals surface area contributed by atoms with E-state index >= 15 is 0 Å². The van der Waals surface area contributed by atoms with Gasteiger partial charge in [-0.3, -0.25) is 4.79 Å². The van der Waals surface area contributed by atoms with Crippen molar-refractivity contribution < 1.29 is 28.2 Å². The van der Waals surface area contributed by atoms with E-state index in [0.29, 0.717) is 33.7 Å². The Bertz CT molecular complexity index is 1140. The molecule has 31 heavy (non-hydrogen) atoms. The highest BCUT2D eigenvalue weighted by molar-refractivity contribution is 9.10. The molecule has 0 aliphatic carbocycles. The summed E-state index contributed by atoms with van der Waals surface area (Å²) in [6.45, 7) is 1.96. The van der Waals surface area contributed by atoms with Crippen LogP contribution in [0.2, 0.25) is 0 Å². The Labute approximate surface area is 194 Å². The Balaban J connectivity index is 1.72. The number of carbonyl (C=O) groups is 2. The van der Waals surface area contributed by atoms with E-state index < -0.39 is 11.9 Å². The third-order valence-corrected chi connectivity index (χ3v) is 5.06. The van der Waals surface area contributed by atoms with Gasteiger partial charge < -0.3 is 18.6 Å². The van der Waals surface area contributed by atoms with E-state index in [1.54, 1.807) is 24.3 Å². The van der Waals surface area contributed by atoms with E-state index in [4.69, 9.17) is 13.9 Å². The summed E-state index contributed by atoms with van der Waals surface area (Å²) in [5, 5.41) is 4.78. The molecule has 0 saturated heterocycles. The molecule has 0 radical (unpaired) electrons. The maximum Gasteiger partial charge on any atom is 0.343 e. The quantitative estimate of drug-likeness (QED) is 0.247. The molecule has 1 N–H and O–H groups in total. The molecular formula is C21H18Br2N2O6. The van der Waals surface area contributed by atoms with E-state index in [0.717, 1.165) is 9.86 Å². The van der Waals surface area contributed by atoms with Crippen molar-refractivity contribution in [2.24, 2.45) is 5.10 Å². The molecule has 10 heteroatoms. The number of esters is 1. The van der Waals surface area contributed by atoms with Crippen LogP contribution in [0.5, 0.6) is 11.5 Å². The number of amides is 1. The molecule has 162 valence electrons. The second-order valence-electron chi connectivity index (χ2n) is 6.12. The van der Waals surface area contributed by atoms with Gasteiger partial charge in [-0.2, -0.15) is 5.10 Å². The fraction of sp³-hybridized carbons (Fsp3) is 0.190. The number of fused-ring (bicyclic) bond motifs is 1. The highest BCUT2D eigenvalue weighted by Crippen LogP contribution is 2.36. The number of furan rings is 1. The van der Waals surface area contributed by atoms with Crippen LogP contribution in [0.1, 0.15) is 23.0 Å². The lowest BCUT2D eigenvalue weighted by Gasteiger charge is -2.13. The number of hydrogen-bond donors (Lipinski definition) is 1. The average Bonchev–Trinajstić information content (AvgIpc) is 3.16. The predicted octanol–water partition coefficient (Wildman–Crippen LogP) is 4.67. The van der Waals surface area contributed by atoms with Gasteiger partial charge in [0.25, 0.3) is 0 Å². The van der Waals surface area contributed by atoms with Crippen LogP contribution >= 0.6 is 31.9 Å². The zero-order chi connectivity index (χ0) is 22.4. The van der Waals surface area contributed by atoms with Gasteiger partial charge >= 0.3 is 11.9 Å². The number of nitrogens with one attached hydrogen (secondary N) is 1. The smallest absolute Gasteiger partial charge is 0.343 e. The monoisotopic (exact) mass is 552 g/mol. The van der Waals surface area contributed by atoms with Crippen molar-refractivity contribution in [2.75, 3.05) is 20.3 Å². The maximum atomic E-state index is 12.3. The minimum Gasteiger partial charge on any atom is -0.490 e. The first-order valence-corrected chi connectivity index (χ1v) is 10.7. The fourth-order valence-electron chi connectivity index (χ4n) is 2.60. The normalized spacial score (nSPS) is 11.0. The average molecular weight is 554 g/mol. The van der Waals surface area contributed by atoms with E-state index in [-0.39, 0.29) is 12.4 Å². The van der Waals surface area contributed by atoms with Gasteiger partial charge in [-0.1, -0.05) is 15.9 Å². The van der Waals surface area contributed by atoms with Gasteiger partial charge in [0.2, 0.25) is 0 Å². The standard InChI is InChI=1S/C21H18Br2N2O6/c1-3-29-17-7-12(6-15(23)20(17)30-11-19(26)28-2)10-24-25-21(27)18-9-13-8-14(22)4-5-16(13)31-18/h4-10H,3,11H2,1-2H3,(H,25,27)/b24-10+. The summed E-state index contributed by atoms with van der Waals surface area (Å²) in [6.07, 6.45) is 1.45. The van der Waals surface area contributed by atoms with Crippen LogP contribution in [0.15, 0.2) is 54.9 Å². The summed E-state index contributed by atoms with van der Waals surface area (Å²) < 4.78 is 22.6.